The van der Waals surface area contributed by atoms with Crippen LogP contribution in [0.2, 0.25) is 0 Å². The molecule has 0 N–H and O–H groups in total. The summed E-state index contributed by atoms with van der Waals surface area (Å²) in [5.41, 5.74) is -0.613. The Morgan fingerprint density at radius 3 is 2.40 bits per heavy atom. The van der Waals surface area contributed by atoms with Gasteiger partial charge in [0.25, 0.3) is 0 Å². The number of ketones is 1. The Kier molecular flexibility index (Phi) is 3.34. The molecule has 1 heterocycles. The molecular formula is C14H17F3N2O. The largest absolute Gasteiger partial charge is 0.435 e. The Balaban J connectivity index is 2.09. The minimum Gasteiger partial charge on any atom is -0.294 e. The standard InChI is InChI=1S/C14H17F3N2O/c15-14(16,17)13-12-10(7-4-8-11(12)20)19(18-13)9-5-2-1-3-6-9/h9H,1-8H2. The topological polar surface area (TPSA) is 34.9 Å². The molecule has 1 aromatic heterocycles. The van der Waals surface area contributed by atoms with E-state index in [2.05, 4.69) is 5.10 Å². The Hall–Kier alpha value is -1.33. The number of aromatic nitrogens is 2. The van der Waals surface area contributed by atoms with E-state index in [-0.39, 0.29) is 18.0 Å². The van der Waals surface area contributed by atoms with Gasteiger partial charge >= 0.3 is 6.18 Å². The summed E-state index contributed by atoms with van der Waals surface area (Å²) < 4.78 is 40.8. The molecule has 0 bridgehead atoms. The molecule has 0 saturated heterocycles. The number of alkyl halides is 3. The Bertz CT molecular complexity index is 527. The van der Waals surface area contributed by atoms with Crippen LogP contribution in [0, 0.1) is 0 Å². The fourth-order valence-electron chi connectivity index (χ4n) is 3.37. The second-order valence-corrected chi connectivity index (χ2v) is 5.68. The van der Waals surface area contributed by atoms with Gasteiger partial charge in [-0.15, -0.1) is 0 Å². The van der Waals surface area contributed by atoms with Crippen LogP contribution in [-0.2, 0) is 12.6 Å². The van der Waals surface area contributed by atoms with Crippen molar-refractivity contribution in [1.29, 1.82) is 0 Å². The summed E-state index contributed by atoms with van der Waals surface area (Å²) in [5.74, 6) is -0.402. The van der Waals surface area contributed by atoms with Gasteiger partial charge in [-0.25, -0.2) is 0 Å². The van der Waals surface area contributed by atoms with Crippen molar-refractivity contribution in [3.8, 4) is 0 Å². The van der Waals surface area contributed by atoms with Crippen LogP contribution in [-0.4, -0.2) is 15.6 Å². The number of fused-ring (bicyclic) bond motifs is 1. The first-order chi connectivity index (χ1) is 9.48. The van der Waals surface area contributed by atoms with Crippen molar-refractivity contribution in [2.75, 3.05) is 0 Å². The molecule has 1 fully saturated rings. The fourth-order valence-corrected chi connectivity index (χ4v) is 3.37. The van der Waals surface area contributed by atoms with Crippen molar-refractivity contribution in [1.82, 2.24) is 9.78 Å². The number of rotatable bonds is 1. The highest BCUT2D eigenvalue weighted by molar-refractivity contribution is 5.99. The predicted octanol–water partition coefficient (Wildman–Crippen LogP) is 3.93. The van der Waals surface area contributed by atoms with E-state index in [9.17, 15) is 18.0 Å². The number of nitrogens with zero attached hydrogens (tertiary/aromatic N) is 2. The lowest BCUT2D eigenvalue weighted by atomic mass is 9.92. The minimum absolute atomic E-state index is 0.0273. The molecule has 0 aromatic carbocycles. The number of halogens is 3. The molecule has 0 atom stereocenters. The molecule has 6 heteroatoms. The zero-order valence-electron chi connectivity index (χ0n) is 11.2. The summed E-state index contributed by atoms with van der Waals surface area (Å²) in [6, 6.07) is 0.0273. The van der Waals surface area contributed by atoms with E-state index < -0.39 is 17.7 Å². The van der Waals surface area contributed by atoms with Crippen molar-refractivity contribution in [3.63, 3.8) is 0 Å². The quantitative estimate of drug-likeness (QED) is 0.784. The Labute approximate surface area is 115 Å². The first kappa shape index (κ1) is 13.6. The molecule has 1 aromatic rings. The van der Waals surface area contributed by atoms with Crippen molar-refractivity contribution >= 4 is 5.78 Å². The van der Waals surface area contributed by atoms with E-state index in [1.165, 1.54) is 4.68 Å². The number of carbonyl (C=O) groups excluding carboxylic acids is 1. The van der Waals surface area contributed by atoms with Gasteiger partial charge < -0.3 is 0 Å². The summed E-state index contributed by atoms with van der Waals surface area (Å²) in [6.07, 6.45) is 1.71. The van der Waals surface area contributed by atoms with E-state index in [4.69, 9.17) is 0 Å². The van der Waals surface area contributed by atoms with Crippen LogP contribution in [0.3, 0.4) is 0 Å². The second kappa shape index (κ2) is 4.90. The SMILES string of the molecule is O=C1CCCc2c1c(C(F)(F)F)nn2C1CCCCC1. The smallest absolute Gasteiger partial charge is 0.294 e. The highest BCUT2D eigenvalue weighted by Gasteiger charge is 2.42. The van der Waals surface area contributed by atoms with E-state index in [0.29, 0.717) is 18.5 Å². The number of hydrogen-bond donors (Lipinski definition) is 0. The maximum atomic E-state index is 13.1. The van der Waals surface area contributed by atoms with Crippen molar-refractivity contribution in [3.05, 3.63) is 17.0 Å². The van der Waals surface area contributed by atoms with Crippen LogP contribution in [0.5, 0.6) is 0 Å². The number of carbonyl (C=O) groups is 1. The molecule has 3 rings (SSSR count). The first-order valence-corrected chi connectivity index (χ1v) is 7.20. The van der Waals surface area contributed by atoms with Crippen LogP contribution < -0.4 is 0 Å². The predicted molar refractivity (Wildman–Crippen MR) is 66.6 cm³/mol. The lowest BCUT2D eigenvalue weighted by Crippen LogP contribution is -2.19. The zero-order valence-corrected chi connectivity index (χ0v) is 11.2. The third-order valence-corrected chi connectivity index (χ3v) is 4.30. The lowest BCUT2D eigenvalue weighted by Gasteiger charge is -2.25. The molecule has 0 aliphatic heterocycles. The molecule has 0 spiro atoms. The first-order valence-electron chi connectivity index (χ1n) is 7.20. The molecule has 2 aliphatic rings. The zero-order chi connectivity index (χ0) is 14.3. The lowest BCUT2D eigenvalue weighted by molar-refractivity contribution is -0.141. The third kappa shape index (κ3) is 2.25. The van der Waals surface area contributed by atoms with Crippen molar-refractivity contribution < 1.29 is 18.0 Å². The Morgan fingerprint density at radius 1 is 1.05 bits per heavy atom. The van der Waals surface area contributed by atoms with Crippen molar-refractivity contribution in [2.45, 2.75) is 63.6 Å². The highest BCUT2D eigenvalue weighted by Crippen LogP contribution is 2.39. The van der Waals surface area contributed by atoms with Crippen LogP contribution in [0.1, 0.15) is 72.7 Å². The molecule has 2 aliphatic carbocycles. The molecule has 20 heavy (non-hydrogen) atoms. The van der Waals surface area contributed by atoms with E-state index in [0.717, 1.165) is 32.1 Å². The van der Waals surface area contributed by atoms with Gasteiger partial charge in [0.15, 0.2) is 11.5 Å². The van der Waals surface area contributed by atoms with Crippen LogP contribution in [0.15, 0.2) is 0 Å². The van der Waals surface area contributed by atoms with Gasteiger partial charge in [0.05, 0.1) is 17.3 Å². The number of hydrogen-bond acceptors (Lipinski definition) is 2. The van der Waals surface area contributed by atoms with Gasteiger partial charge in [-0.1, -0.05) is 19.3 Å². The van der Waals surface area contributed by atoms with Crippen LogP contribution >= 0.6 is 0 Å². The molecule has 0 radical (unpaired) electrons. The summed E-state index contributed by atoms with van der Waals surface area (Å²) in [4.78, 5) is 11.9. The summed E-state index contributed by atoms with van der Waals surface area (Å²) in [5, 5.41) is 3.81. The van der Waals surface area contributed by atoms with Gasteiger partial charge in [0, 0.05) is 6.42 Å². The molecule has 0 unspecified atom stereocenters. The van der Waals surface area contributed by atoms with Crippen LogP contribution in [0.4, 0.5) is 13.2 Å². The molecular weight excluding hydrogens is 269 g/mol. The average molecular weight is 286 g/mol. The van der Waals surface area contributed by atoms with Gasteiger partial charge in [-0.05, 0) is 25.7 Å². The van der Waals surface area contributed by atoms with E-state index >= 15 is 0 Å². The third-order valence-electron chi connectivity index (χ3n) is 4.30. The normalized spacial score (nSPS) is 21.1. The summed E-state index contributed by atoms with van der Waals surface area (Å²) in [6.45, 7) is 0. The van der Waals surface area contributed by atoms with Gasteiger partial charge in [-0.2, -0.15) is 18.3 Å². The maximum Gasteiger partial charge on any atom is 0.435 e. The summed E-state index contributed by atoms with van der Waals surface area (Å²) in [7, 11) is 0. The second-order valence-electron chi connectivity index (χ2n) is 5.68. The van der Waals surface area contributed by atoms with E-state index in [1.807, 2.05) is 0 Å². The van der Waals surface area contributed by atoms with Gasteiger partial charge in [0.2, 0.25) is 0 Å². The van der Waals surface area contributed by atoms with E-state index in [1.54, 1.807) is 0 Å². The van der Waals surface area contributed by atoms with Crippen LogP contribution in [0.25, 0.3) is 0 Å². The minimum atomic E-state index is -4.54. The Morgan fingerprint density at radius 2 is 1.75 bits per heavy atom. The molecule has 1 saturated carbocycles. The van der Waals surface area contributed by atoms with Gasteiger partial charge in [0.1, 0.15) is 0 Å². The van der Waals surface area contributed by atoms with Crippen molar-refractivity contribution in [2.24, 2.45) is 0 Å². The molecule has 110 valence electrons. The molecule has 0 amide bonds. The monoisotopic (exact) mass is 286 g/mol. The number of Topliss-reactive ketones (excluding diaryl/α,β-unsaturated/α-hetero) is 1. The van der Waals surface area contributed by atoms with Gasteiger partial charge in [-0.3, -0.25) is 9.48 Å². The highest BCUT2D eigenvalue weighted by atomic mass is 19.4. The molecule has 3 nitrogen and oxygen atoms in total. The summed E-state index contributed by atoms with van der Waals surface area (Å²) >= 11 is 0. The maximum absolute atomic E-state index is 13.1. The average Bonchev–Trinajstić information content (AvgIpc) is 2.81. The fraction of sp³-hybridized carbons (Fsp3) is 0.714.